The van der Waals surface area contributed by atoms with Gasteiger partial charge in [-0.05, 0) is 29.9 Å². The fraction of sp³-hybridized carbons (Fsp3) is 0.571. The lowest BCUT2D eigenvalue weighted by atomic mass is 9.78. The summed E-state index contributed by atoms with van der Waals surface area (Å²) in [4.78, 5) is 0. The maximum atomic E-state index is 10.4. The molecule has 1 atom stereocenters. The molecule has 1 unspecified atom stereocenters. The Bertz CT molecular complexity index is 376. The minimum Gasteiger partial charge on any atom is -0.383 e. The fourth-order valence-electron chi connectivity index (χ4n) is 2.61. The van der Waals surface area contributed by atoms with Crippen LogP contribution in [0.4, 0.5) is 0 Å². The first kappa shape index (κ1) is 10.3. The Morgan fingerprint density at radius 2 is 2.19 bits per heavy atom. The molecule has 0 amide bonds. The molecule has 2 nitrogen and oxygen atoms in total. The van der Waals surface area contributed by atoms with Crippen molar-refractivity contribution in [3.63, 3.8) is 0 Å². The highest BCUT2D eigenvalue weighted by Gasteiger charge is 2.34. The topological polar surface area (TPSA) is 29.5 Å². The Morgan fingerprint density at radius 1 is 1.31 bits per heavy atom. The summed E-state index contributed by atoms with van der Waals surface area (Å²) >= 11 is 0. The van der Waals surface area contributed by atoms with Crippen molar-refractivity contribution in [1.29, 1.82) is 0 Å². The van der Waals surface area contributed by atoms with Crippen molar-refractivity contribution in [3.05, 3.63) is 35.4 Å². The van der Waals surface area contributed by atoms with E-state index in [-0.39, 0.29) is 0 Å². The van der Waals surface area contributed by atoms with E-state index in [1.807, 2.05) is 6.07 Å². The molecule has 1 saturated carbocycles. The second kappa shape index (κ2) is 3.86. The molecular weight excluding hydrogens is 200 g/mol. The first-order valence-corrected chi connectivity index (χ1v) is 6.18. The van der Waals surface area contributed by atoms with Gasteiger partial charge in [0.25, 0.3) is 0 Å². The zero-order chi connectivity index (χ0) is 11.0. The molecule has 86 valence electrons. The molecule has 1 saturated heterocycles. The Hall–Kier alpha value is -0.860. The van der Waals surface area contributed by atoms with Gasteiger partial charge in [0.1, 0.15) is 5.60 Å². The second-order valence-electron chi connectivity index (χ2n) is 5.09. The summed E-state index contributed by atoms with van der Waals surface area (Å²) in [6.45, 7) is 1.12. The minimum absolute atomic E-state index is 0.446. The summed E-state index contributed by atoms with van der Waals surface area (Å²) < 4.78 is 5.31. The molecule has 0 aromatic heterocycles. The van der Waals surface area contributed by atoms with Crippen molar-refractivity contribution in [3.8, 4) is 0 Å². The second-order valence-corrected chi connectivity index (χ2v) is 5.09. The van der Waals surface area contributed by atoms with E-state index in [4.69, 9.17) is 4.74 Å². The molecule has 1 aromatic rings. The van der Waals surface area contributed by atoms with E-state index >= 15 is 0 Å². The molecule has 0 spiro atoms. The molecule has 1 aromatic carbocycles. The Balaban J connectivity index is 1.89. The van der Waals surface area contributed by atoms with E-state index in [0.717, 1.165) is 17.9 Å². The summed E-state index contributed by atoms with van der Waals surface area (Å²) in [6, 6.07) is 8.46. The van der Waals surface area contributed by atoms with Gasteiger partial charge >= 0.3 is 0 Å². The van der Waals surface area contributed by atoms with Crippen molar-refractivity contribution in [2.75, 3.05) is 13.2 Å². The van der Waals surface area contributed by atoms with Crippen LogP contribution in [0.3, 0.4) is 0 Å². The van der Waals surface area contributed by atoms with Crippen LogP contribution in [0, 0.1) is 0 Å². The Morgan fingerprint density at radius 3 is 2.81 bits per heavy atom. The molecule has 16 heavy (non-hydrogen) atoms. The normalized spacial score (nSPS) is 30.3. The maximum Gasteiger partial charge on any atom is 0.115 e. The van der Waals surface area contributed by atoms with Crippen LogP contribution in [-0.2, 0) is 10.3 Å². The van der Waals surface area contributed by atoms with Gasteiger partial charge in [-0.15, -0.1) is 0 Å². The molecule has 2 fully saturated rings. The molecule has 1 aliphatic carbocycles. The highest BCUT2D eigenvalue weighted by molar-refractivity contribution is 5.32. The summed E-state index contributed by atoms with van der Waals surface area (Å²) in [5.74, 6) is 0.728. The van der Waals surface area contributed by atoms with Gasteiger partial charge in [0.2, 0.25) is 0 Å². The Labute approximate surface area is 96.2 Å². The Kier molecular flexibility index (Phi) is 2.49. The largest absolute Gasteiger partial charge is 0.383 e. The third-order valence-corrected chi connectivity index (χ3v) is 4.00. The number of aliphatic hydroxyl groups is 1. The van der Waals surface area contributed by atoms with Gasteiger partial charge in [0, 0.05) is 13.0 Å². The van der Waals surface area contributed by atoms with E-state index in [1.54, 1.807) is 0 Å². The van der Waals surface area contributed by atoms with Crippen molar-refractivity contribution in [2.24, 2.45) is 0 Å². The highest BCUT2D eigenvalue weighted by Crippen LogP contribution is 2.38. The van der Waals surface area contributed by atoms with Crippen LogP contribution >= 0.6 is 0 Å². The zero-order valence-corrected chi connectivity index (χ0v) is 9.48. The third-order valence-electron chi connectivity index (χ3n) is 4.00. The molecule has 0 radical (unpaired) electrons. The minimum atomic E-state index is -0.736. The molecule has 1 aliphatic heterocycles. The van der Waals surface area contributed by atoms with Gasteiger partial charge in [-0.3, -0.25) is 0 Å². The molecule has 3 rings (SSSR count). The maximum absolute atomic E-state index is 10.4. The molecule has 0 bridgehead atoms. The molecule has 1 N–H and O–H groups in total. The summed E-state index contributed by atoms with van der Waals surface area (Å²) in [5, 5.41) is 10.4. The SMILES string of the molecule is OC1(c2cccc(C3CCC3)c2)CCOC1. The first-order chi connectivity index (χ1) is 7.78. The number of benzene rings is 1. The fourth-order valence-corrected chi connectivity index (χ4v) is 2.61. The van der Waals surface area contributed by atoms with Crippen LogP contribution in [-0.4, -0.2) is 18.3 Å². The number of hydrogen-bond acceptors (Lipinski definition) is 2. The predicted octanol–water partition coefficient (Wildman–Crippen LogP) is 2.56. The van der Waals surface area contributed by atoms with Crippen molar-refractivity contribution >= 4 is 0 Å². The van der Waals surface area contributed by atoms with Gasteiger partial charge in [-0.25, -0.2) is 0 Å². The lowest BCUT2D eigenvalue weighted by Gasteiger charge is -2.28. The van der Waals surface area contributed by atoms with Crippen LogP contribution in [0.1, 0.15) is 42.7 Å². The monoisotopic (exact) mass is 218 g/mol. The first-order valence-electron chi connectivity index (χ1n) is 6.18. The van der Waals surface area contributed by atoms with Crippen molar-refractivity contribution in [1.82, 2.24) is 0 Å². The van der Waals surface area contributed by atoms with Gasteiger partial charge in [0.15, 0.2) is 0 Å². The van der Waals surface area contributed by atoms with E-state index in [0.29, 0.717) is 13.2 Å². The zero-order valence-electron chi connectivity index (χ0n) is 9.48. The van der Waals surface area contributed by atoms with Crippen molar-refractivity contribution < 1.29 is 9.84 Å². The summed E-state index contributed by atoms with van der Waals surface area (Å²) in [6.07, 6.45) is 4.68. The summed E-state index contributed by atoms with van der Waals surface area (Å²) in [5.41, 5.74) is 1.69. The van der Waals surface area contributed by atoms with Crippen LogP contribution < -0.4 is 0 Å². The average molecular weight is 218 g/mol. The smallest absolute Gasteiger partial charge is 0.115 e. The standard InChI is InChI=1S/C14H18O2/c15-14(7-8-16-10-14)13-6-2-5-12(9-13)11-3-1-4-11/h2,5-6,9,11,15H,1,3-4,7-8,10H2. The molecular formula is C14H18O2. The van der Waals surface area contributed by atoms with Crippen LogP contribution in [0.15, 0.2) is 24.3 Å². The van der Waals surface area contributed by atoms with Crippen molar-refractivity contribution in [2.45, 2.75) is 37.2 Å². The molecule has 2 heteroatoms. The number of hydrogen-bond donors (Lipinski definition) is 1. The third kappa shape index (κ3) is 1.66. The summed E-state index contributed by atoms with van der Waals surface area (Å²) in [7, 11) is 0. The van der Waals surface area contributed by atoms with E-state index in [2.05, 4.69) is 18.2 Å². The van der Waals surface area contributed by atoms with Crippen LogP contribution in [0.5, 0.6) is 0 Å². The lowest BCUT2D eigenvalue weighted by molar-refractivity contribution is 0.0231. The van der Waals surface area contributed by atoms with Crippen LogP contribution in [0.2, 0.25) is 0 Å². The van der Waals surface area contributed by atoms with E-state index in [9.17, 15) is 5.11 Å². The lowest BCUT2D eigenvalue weighted by Crippen LogP contribution is -2.26. The quantitative estimate of drug-likeness (QED) is 0.826. The van der Waals surface area contributed by atoms with Crippen LogP contribution in [0.25, 0.3) is 0 Å². The molecule has 1 heterocycles. The number of rotatable bonds is 2. The predicted molar refractivity (Wildman–Crippen MR) is 62.4 cm³/mol. The van der Waals surface area contributed by atoms with E-state index < -0.39 is 5.60 Å². The van der Waals surface area contributed by atoms with Gasteiger partial charge < -0.3 is 9.84 Å². The van der Waals surface area contributed by atoms with Gasteiger partial charge in [-0.1, -0.05) is 30.7 Å². The van der Waals surface area contributed by atoms with E-state index in [1.165, 1.54) is 24.8 Å². The highest BCUT2D eigenvalue weighted by atomic mass is 16.5. The molecule has 2 aliphatic rings. The average Bonchev–Trinajstić information content (AvgIpc) is 2.65. The number of ether oxygens (including phenoxy) is 1. The van der Waals surface area contributed by atoms with Gasteiger partial charge in [-0.2, -0.15) is 0 Å². The van der Waals surface area contributed by atoms with Gasteiger partial charge in [0.05, 0.1) is 6.61 Å².